The summed E-state index contributed by atoms with van der Waals surface area (Å²) in [5, 5.41) is 5.53. The van der Waals surface area contributed by atoms with Crippen LogP contribution in [-0.4, -0.2) is 24.6 Å². The number of nitrogens with zero attached hydrogens (tertiary/aromatic N) is 1. The minimum atomic E-state index is -0.241. The number of methoxy groups -OCH3 is 1. The number of rotatable bonds is 7. The third-order valence-electron chi connectivity index (χ3n) is 3.73. The molecule has 6 heteroatoms. The maximum absolute atomic E-state index is 12.5. The summed E-state index contributed by atoms with van der Waals surface area (Å²) in [5.41, 5.74) is 2.17. The Labute approximate surface area is 156 Å². The first-order valence-electron chi connectivity index (χ1n) is 8.30. The molecule has 1 aromatic heterocycles. The van der Waals surface area contributed by atoms with E-state index in [-0.39, 0.29) is 5.91 Å². The minimum Gasteiger partial charge on any atom is -0.497 e. The second kappa shape index (κ2) is 8.49. The van der Waals surface area contributed by atoms with E-state index in [9.17, 15) is 4.79 Å². The monoisotopic (exact) mass is 368 g/mol. The molecule has 3 rings (SSSR count). The zero-order valence-electron chi connectivity index (χ0n) is 14.7. The topological polar surface area (TPSA) is 60.5 Å². The Bertz CT molecular complexity index is 875. The molecule has 5 nitrogen and oxygen atoms in total. The fourth-order valence-electron chi connectivity index (χ4n) is 2.45. The van der Waals surface area contributed by atoms with Gasteiger partial charge in [0.15, 0.2) is 0 Å². The van der Waals surface area contributed by atoms with Gasteiger partial charge in [-0.15, -0.1) is 11.3 Å². The molecular weight excluding hydrogens is 348 g/mol. The summed E-state index contributed by atoms with van der Waals surface area (Å²) in [6.07, 6.45) is 0.678. The highest BCUT2D eigenvalue weighted by Gasteiger charge is 2.13. The molecule has 0 bridgehead atoms. The van der Waals surface area contributed by atoms with Crippen LogP contribution in [0.4, 0.5) is 5.69 Å². The summed E-state index contributed by atoms with van der Waals surface area (Å²) in [6.45, 7) is 2.44. The Kier molecular flexibility index (Phi) is 5.86. The van der Waals surface area contributed by atoms with E-state index in [0.717, 1.165) is 16.3 Å². The number of thiazole rings is 1. The average molecular weight is 368 g/mol. The van der Waals surface area contributed by atoms with Gasteiger partial charge in [-0.2, -0.15) is 0 Å². The van der Waals surface area contributed by atoms with E-state index in [4.69, 9.17) is 9.47 Å². The van der Waals surface area contributed by atoms with Crippen molar-refractivity contribution in [1.29, 1.82) is 0 Å². The summed E-state index contributed by atoms with van der Waals surface area (Å²) in [5.74, 6) is 1.23. The number of benzene rings is 2. The SMILES string of the molecule is CCOc1ccccc1NC(=O)c1csc(Cc2ccc(OC)cc2)n1. The van der Waals surface area contributed by atoms with Crippen molar-refractivity contribution in [2.45, 2.75) is 13.3 Å². The van der Waals surface area contributed by atoms with Crippen LogP contribution < -0.4 is 14.8 Å². The van der Waals surface area contributed by atoms with Crippen molar-refractivity contribution in [3.05, 3.63) is 70.2 Å². The number of hydrogen-bond donors (Lipinski definition) is 1. The van der Waals surface area contributed by atoms with E-state index in [1.54, 1.807) is 12.5 Å². The van der Waals surface area contributed by atoms with Gasteiger partial charge in [-0.05, 0) is 36.8 Å². The van der Waals surface area contributed by atoms with Gasteiger partial charge in [0.1, 0.15) is 17.2 Å². The van der Waals surface area contributed by atoms with E-state index in [1.165, 1.54) is 11.3 Å². The zero-order chi connectivity index (χ0) is 18.4. The lowest BCUT2D eigenvalue weighted by atomic mass is 10.1. The van der Waals surface area contributed by atoms with Gasteiger partial charge in [-0.25, -0.2) is 4.98 Å². The number of ether oxygens (including phenoxy) is 2. The van der Waals surface area contributed by atoms with Crippen molar-refractivity contribution in [1.82, 2.24) is 4.98 Å². The molecule has 0 aliphatic carbocycles. The Hall–Kier alpha value is -2.86. The van der Waals surface area contributed by atoms with Gasteiger partial charge in [0.2, 0.25) is 0 Å². The largest absolute Gasteiger partial charge is 0.497 e. The van der Waals surface area contributed by atoms with Crippen LogP contribution in [0.2, 0.25) is 0 Å². The fraction of sp³-hybridized carbons (Fsp3) is 0.200. The number of amides is 1. The van der Waals surface area contributed by atoms with Gasteiger partial charge in [-0.1, -0.05) is 24.3 Å². The van der Waals surface area contributed by atoms with Crippen LogP contribution in [0.25, 0.3) is 0 Å². The predicted octanol–water partition coefficient (Wildman–Crippen LogP) is 4.39. The summed E-state index contributed by atoms with van der Waals surface area (Å²) >= 11 is 1.47. The van der Waals surface area contributed by atoms with Crippen LogP contribution in [0, 0.1) is 0 Å². The van der Waals surface area contributed by atoms with Crippen molar-refractivity contribution in [3.8, 4) is 11.5 Å². The van der Waals surface area contributed by atoms with Crippen molar-refractivity contribution < 1.29 is 14.3 Å². The highest BCUT2D eigenvalue weighted by molar-refractivity contribution is 7.09. The lowest BCUT2D eigenvalue weighted by Crippen LogP contribution is -2.13. The molecule has 1 N–H and O–H groups in total. The lowest BCUT2D eigenvalue weighted by molar-refractivity contribution is 0.102. The Balaban J connectivity index is 1.68. The molecule has 0 saturated heterocycles. The number of anilines is 1. The summed E-state index contributed by atoms with van der Waals surface area (Å²) in [7, 11) is 1.64. The molecule has 1 heterocycles. The second-order valence-corrected chi connectivity index (χ2v) is 6.48. The first-order valence-corrected chi connectivity index (χ1v) is 9.18. The molecule has 0 unspecified atom stereocenters. The number of carbonyl (C=O) groups is 1. The van der Waals surface area contributed by atoms with E-state index in [2.05, 4.69) is 10.3 Å². The van der Waals surface area contributed by atoms with Crippen molar-refractivity contribution in [2.75, 3.05) is 19.0 Å². The number of hydrogen-bond acceptors (Lipinski definition) is 5. The van der Waals surface area contributed by atoms with Gasteiger partial charge < -0.3 is 14.8 Å². The summed E-state index contributed by atoms with van der Waals surface area (Å²) in [4.78, 5) is 16.9. The normalized spacial score (nSPS) is 10.4. The molecule has 0 aliphatic heterocycles. The maximum atomic E-state index is 12.5. The zero-order valence-corrected chi connectivity index (χ0v) is 15.5. The third-order valence-corrected chi connectivity index (χ3v) is 4.58. The van der Waals surface area contributed by atoms with Crippen LogP contribution >= 0.6 is 11.3 Å². The van der Waals surface area contributed by atoms with Gasteiger partial charge in [-0.3, -0.25) is 4.79 Å². The molecule has 134 valence electrons. The molecule has 2 aromatic carbocycles. The second-order valence-electron chi connectivity index (χ2n) is 5.53. The highest BCUT2D eigenvalue weighted by Crippen LogP contribution is 2.25. The fourth-order valence-corrected chi connectivity index (χ4v) is 3.26. The van der Waals surface area contributed by atoms with Gasteiger partial charge in [0.25, 0.3) is 5.91 Å². The summed E-state index contributed by atoms with van der Waals surface area (Å²) < 4.78 is 10.7. The Morgan fingerprint density at radius 3 is 2.65 bits per heavy atom. The van der Waals surface area contributed by atoms with E-state index in [0.29, 0.717) is 30.2 Å². The first kappa shape index (κ1) is 17.9. The molecule has 26 heavy (non-hydrogen) atoms. The molecule has 3 aromatic rings. The van der Waals surface area contributed by atoms with Crippen LogP contribution in [0.15, 0.2) is 53.9 Å². The van der Waals surface area contributed by atoms with E-state index < -0.39 is 0 Å². The van der Waals surface area contributed by atoms with Gasteiger partial charge in [0, 0.05) is 11.8 Å². The van der Waals surface area contributed by atoms with Crippen molar-refractivity contribution in [2.24, 2.45) is 0 Å². The molecule has 0 atom stereocenters. The maximum Gasteiger partial charge on any atom is 0.275 e. The highest BCUT2D eigenvalue weighted by atomic mass is 32.1. The summed E-state index contributed by atoms with van der Waals surface area (Å²) in [6, 6.07) is 15.2. The number of para-hydroxylation sites is 2. The minimum absolute atomic E-state index is 0.241. The first-order chi connectivity index (χ1) is 12.7. The van der Waals surface area contributed by atoms with Crippen LogP contribution in [-0.2, 0) is 6.42 Å². The molecule has 0 spiro atoms. The quantitative estimate of drug-likeness (QED) is 0.672. The molecular formula is C20H20N2O3S. The lowest BCUT2D eigenvalue weighted by Gasteiger charge is -2.10. The van der Waals surface area contributed by atoms with Crippen molar-refractivity contribution in [3.63, 3.8) is 0 Å². The molecule has 1 amide bonds. The predicted molar refractivity (Wildman–Crippen MR) is 103 cm³/mol. The molecule has 0 fully saturated rings. The number of nitrogens with one attached hydrogen (secondary N) is 1. The number of aromatic nitrogens is 1. The Morgan fingerprint density at radius 2 is 1.92 bits per heavy atom. The third kappa shape index (κ3) is 4.40. The smallest absolute Gasteiger partial charge is 0.275 e. The van der Waals surface area contributed by atoms with Crippen LogP contribution in [0.3, 0.4) is 0 Å². The van der Waals surface area contributed by atoms with Crippen LogP contribution in [0.5, 0.6) is 11.5 Å². The molecule has 0 aliphatic rings. The number of carbonyl (C=O) groups excluding carboxylic acids is 1. The Morgan fingerprint density at radius 1 is 1.15 bits per heavy atom. The van der Waals surface area contributed by atoms with E-state index >= 15 is 0 Å². The van der Waals surface area contributed by atoms with Crippen molar-refractivity contribution >= 4 is 22.9 Å². The van der Waals surface area contributed by atoms with Gasteiger partial charge in [0.05, 0.1) is 24.4 Å². The van der Waals surface area contributed by atoms with E-state index in [1.807, 2.05) is 55.5 Å². The molecule has 0 radical (unpaired) electrons. The average Bonchev–Trinajstić information content (AvgIpc) is 3.13. The standard InChI is InChI=1S/C20H20N2O3S/c1-3-25-18-7-5-4-6-16(18)22-20(23)17-13-26-19(21-17)12-14-8-10-15(24-2)11-9-14/h4-11,13H,3,12H2,1-2H3,(H,22,23). The van der Waals surface area contributed by atoms with Crippen LogP contribution in [0.1, 0.15) is 28.0 Å². The molecule has 0 saturated carbocycles. The van der Waals surface area contributed by atoms with Gasteiger partial charge >= 0.3 is 0 Å².